The van der Waals surface area contributed by atoms with Crippen molar-refractivity contribution >= 4 is 0 Å². The van der Waals surface area contributed by atoms with Gasteiger partial charge in [-0.25, -0.2) is 9.78 Å². The minimum absolute atomic E-state index is 0.514. The van der Waals surface area contributed by atoms with Gasteiger partial charge in [0, 0.05) is 0 Å². The Balaban J connectivity index is 2.89. The average Bonchev–Trinajstić information content (AvgIpc) is 1.98. The molecular formula is C7H16O3. The fourth-order valence-electron chi connectivity index (χ4n) is 0.344. The van der Waals surface area contributed by atoms with Crippen LogP contribution in [0.4, 0.5) is 0 Å². The fourth-order valence-corrected chi connectivity index (χ4v) is 0.344. The highest BCUT2D eigenvalue weighted by molar-refractivity contribution is 4.42. The maximum Gasteiger partial charge on any atom is 0.0879 e. The zero-order valence-corrected chi connectivity index (χ0v) is 6.92. The summed E-state index contributed by atoms with van der Waals surface area (Å²) in [6, 6.07) is 0. The summed E-state index contributed by atoms with van der Waals surface area (Å²) in [5.74, 6) is 0.528. The maximum atomic E-state index is 4.70. The van der Waals surface area contributed by atoms with E-state index in [1.165, 1.54) is 0 Å². The van der Waals surface area contributed by atoms with E-state index in [4.69, 9.17) is 4.89 Å². The van der Waals surface area contributed by atoms with E-state index in [1.54, 1.807) is 0 Å². The molecule has 1 unspecified atom stereocenters. The van der Waals surface area contributed by atoms with Crippen molar-refractivity contribution in [1.82, 2.24) is 0 Å². The second-order valence-corrected chi connectivity index (χ2v) is 2.27. The van der Waals surface area contributed by atoms with Crippen molar-refractivity contribution in [3.63, 3.8) is 0 Å². The topological polar surface area (TPSA) is 27.7 Å². The first-order valence-corrected chi connectivity index (χ1v) is 3.72. The van der Waals surface area contributed by atoms with Crippen molar-refractivity contribution in [2.75, 3.05) is 13.2 Å². The molecule has 0 saturated heterocycles. The molecule has 1 atom stereocenters. The number of hydrogen-bond donors (Lipinski definition) is 0. The molecule has 0 saturated carbocycles. The fraction of sp³-hybridized carbons (Fsp3) is 1.00. The van der Waals surface area contributed by atoms with Gasteiger partial charge in [-0.3, -0.25) is 0 Å². The van der Waals surface area contributed by atoms with Gasteiger partial charge in [0.1, 0.15) is 0 Å². The van der Waals surface area contributed by atoms with Crippen LogP contribution in [0.3, 0.4) is 0 Å². The lowest BCUT2D eigenvalue weighted by molar-refractivity contribution is -0.513. The molecule has 3 heteroatoms. The van der Waals surface area contributed by atoms with Crippen LogP contribution in [0.2, 0.25) is 0 Å². The molecule has 3 nitrogen and oxygen atoms in total. The van der Waals surface area contributed by atoms with E-state index in [0.29, 0.717) is 19.1 Å². The van der Waals surface area contributed by atoms with Crippen LogP contribution in [0, 0.1) is 5.92 Å². The van der Waals surface area contributed by atoms with Gasteiger partial charge in [0.2, 0.25) is 0 Å². The Kier molecular flexibility index (Phi) is 6.91. The van der Waals surface area contributed by atoms with Crippen molar-refractivity contribution < 1.29 is 14.8 Å². The molecule has 0 bridgehead atoms. The molecule has 0 aromatic carbocycles. The van der Waals surface area contributed by atoms with Crippen molar-refractivity contribution in [3.8, 4) is 0 Å². The maximum absolute atomic E-state index is 4.70. The molecule has 62 valence electrons. The lowest BCUT2D eigenvalue weighted by atomic mass is 10.1. The molecule has 0 amide bonds. The third kappa shape index (κ3) is 6.01. The van der Waals surface area contributed by atoms with Gasteiger partial charge in [0.15, 0.2) is 0 Å². The summed E-state index contributed by atoms with van der Waals surface area (Å²) in [4.78, 5) is 9.21. The Labute approximate surface area is 62.1 Å². The van der Waals surface area contributed by atoms with Crippen molar-refractivity contribution in [2.45, 2.75) is 27.2 Å². The summed E-state index contributed by atoms with van der Waals surface area (Å²) in [7, 11) is 0. The molecular weight excluding hydrogens is 132 g/mol. The van der Waals surface area contributed by atoms with Crippen molar-refractivity contribution in [2.24, 2.45) is 5.92 Å². The van der Waals surface area contributed by atoms with Crippen LogP contribution in [-0.4, -0.2) is 13.2 Å². The van der Waals surface area contributed by atoms with E-state index in [1.807, 2.05) is 6.92 Å². The summed E-state index contributed by atoms with van der Waals surface area (Å²) in [6.45, 7) is 7.15. The standard InChI is InChI=1S/C7H16O3/c1-4-7(3)6-9-10-8-5-2/h7H,4-6H2,1-3H3. The molecule has 0 radical (unpaired) electrons. The highest BCUT2D eigenvalue weighted by Crippen LogP contribution is 2.00. The molecule has 0 aliphatic heterocycles. The molecule has 0 aliphatic rings. The Morgan fingerprint density at radius 2 is 1.90 bits per heavy atom. The summed E-state index contributed by atoms with van der Waals surface area (Å²) in [6.07, 6.45) is 1.09. The Hall–Kier alpha value is -0.120. The molecule has 0 fully saturated rings. The molecule has 0 N–H and O–H groups in total. The number of rotatable bonds is 6. The first kappa shape index (κ1) is 9.88. The van der Waals surface area contributed by atoms with Crippen molar-refractivity contribution in [1.29, 1.82) is 0 Å². The van der Waals surface area contributed by atoms with Crippen molar-refractivity contribution in [3.05, 3.63) is 0 Å². The van der Waals surface area contributed by atoms with Crippen LogP contribution < -0.4 is 0 Å². The highest BCUT2D eigenvalue weighted by Gasteiger charge is 1.98. The molecule has 0 aromatic rings. The zero-order valence-electron chi connectivity index (χ0n) is 6.92. The predicted molar refractivity (Wildman–Crippen MR) is 38.1 cm³/mol. The van der Waals surface area contributed by atoms with Gasteiger partial charge in [0.05, 0.1) is 13.2 Å². The minimum atomic E-state index is 0.514. The highest BCUT2D eigenvalue weighted by atomic mass is 17.5. The Bertz CT molecular complexity index is 65.9. The van der Waals surface area contributed by atoms with E-state index in [2.05, 4.69) is 23.8 Å². The summed E-state index contributed by atoms with van der Waals surface area (Å²) >= 11 is 0. The largest absolute Gasteiger partial charge is 0.206 e. The van der Waals surface area contributed by atoms with Gasteiger partial charge >= 0.3 is 0 Å². The van der Waals surface area contributed by atoms with E-state index in [0.717, 1.165) is 6.42 Å². The normalized spacial score (nSPS) is 13.5. The second kappa shape index (κ2) is 6.99. The second-order valence-electron chi connectivity index (χ2n) is 2.27. The first-order valence-electron chi connectivity index (χ1n) is 3.72. The third-order valence-corrected chi connectivity index (χ3v) is 1.26. The van der Waals surface area contributed by atoms with Gasteiger partial charge < -0.3 is 0 Å². The van der Waals surface area contributed by atoms with Gasteiger partial charge in [-0.2, -0.15) is 0 Å². The smallest absolute Gasteiger partial charge is 0.0879 e. The average molecular weight is 148 g/mol. The monoisotopic (exact) mass is 148 g/mol. The molecule has 0 aliphatic carbocycles. The van der Waals surface area contributed by atoms with E-state index in [9.17, 15) is 0 Å². The van der Waals surface area contributed by atoms with Crippen LogP contribution in [0.25, 0.3) is 0 Å². The van der Waals surface area contributed by atoms with E-state index >= 15 is 0 Å². The molecule has 0 rings (SSSR count). The Morgan fingerprint density at radius 1 is 1.20 bits per heavy atom. The van der Waals surface area contributed by atoms with Crippen LogP contribution in [0.5, 0.6) is 0 Å². The summed E-state index contributed by atoms with van der Waals surface area (Å²) < 4.78 is 0. The quantitative estimate of drug-likeness (QED) is 0.327. The van der Waals surface area contributed by atoms with Gasteiger partial charge in [0.25, 0.3) is 0 Å². The molecule has 10 heavy (non-hydrogen) atoms. The summed E-state index contributed by atoms with van der Waals surface area (Å²) in [5, 5.41) is 4.36. The van der Waals surface area contributed by atoms with Gasteiger partial charge in [-0.05, 0) is 12.8 Å². The van der Waals surface area contributed by atoms with Crippen LogP contribution in [-0.2, 0) is 14.8 Å². The lowest BCUT2D eigenvalue weighted by Crippen LogP contribution is -2.05. The SMILES string of the molecule is CCOOOCC(C)CC. The lowest BCUT2D eigenvalue weighted by Gasteiger charge is -2.05. The number of hydrogen-bond acceptors (Lipinski definition) is 3. The minimum Gasteiger partial charge on any atom is -0.206 e. The van der Waals surface area contributed by atoms with E-state index in [-0.39, 0.29) is 0 Å². The van der Waals surface area contributed by atoms with Crippen LogP contribution in [0.15, 0.2) is 0 Å². The summed E-state index contributed by atoms with van der Waals surface area (Å²) in [5.41, 5.74) is 0. The third-order valence-electron chi connectivity index (χ3n) is 1.26. The van der Waals surface area contributed by atoms with Crippen LogP contribution in [0.1, 0.15) is 27.2 Å². The molecule has 0 spiro atoms. The van der Waals surface area contributed by atoms with E-state index < -0.39 is 0 Å². The van der Waals surface area contributed by atoms with Crippen LogP contribution >= 0.6 is 0 Å². The van der Waals surface area contributed by atoms with Gasteiger partial charge in [-0.15, -0.1) is 0 Å². The van der Waals surface area contributed by atoms with Gasteiger partial charge in [-0.1, -0.05) is 25.3 Å². The molecule has 0 aromatic heterocycles. The molecule has 0 heterocycles. The first-order chi connectivity index (χ1) is 4.81. The predicted octanol–water partition coefficient (Wildman–Crippen LogP) is 1.93. The zero-order chi connectivity index (χ0) is 7.82. The Morgan fingerprint density at radius 3 is 2.40 bits per heavy atom.